The van der Waals surface area contributed by atoms with E-state index < -0.39 is 5.97 Å². The maximum atomic E-state index is 12.1. The topological polar surface area (TPSA) is 92.4 Å². The molecule has 1 amide bonds. The molecule has 0 bridgehead atoms. The standard InChI is InChI=1S/C15H22N2O4/c1-11-7-12(21-17-11)10-16-13(18)8-15(9-14(19)20)5-3-2-4-6-15/h7H,2-6,8-10H2,1H3,(H,16,18)(H,19,20). The first-order chi connectivity index (χ1) is 9.99. The molecule has 6 heteroatoms. The molecule has 1 heterocycles. The average Bonchev–Trinajstić information content (AvgIpc) is 2.82. The molecule has 0 unspecified atom stereocenters. The van der Waals surface area contributed by atoms with Gasteiger partial charge in [0.15, 0.2) is 5.76 Å². The third-order valence-electron chi connectivity index (χ3n) is 4.11. The highest BCUT2D eigenvalue weighted by Crippen LogP contribution is 2.42. The van der Waals surface area contributed by atoms with E-state index >= 15 is 0 Å². The van der Waals surface area contributed by atoms with Crippen molar-refractivity contribution in [2.24, 2.45) is 5.41 Å². The number of carbonyl (C=O) groups is 2. The van der Waals surface area contributed by atoms with Crippen LogP contribution in [0.3, 0.4) is 0 Å². The van der Waals surface area contributed by atoms with Crippen LogP contribution in [-0.4, -0.2) is 22.1 Å². The Balaban J connectivity index is 1.89. The fourth-order valence-corrected chi connectivity index (χ4v) is 3.13. The second-order valence-corrected chi connectivity index (χ2v) is 6.02. The van der Waals surface area contributed by atoms with Crippen molar-refractivity contribution in [3.05, 3.63) is 17.5 Å². The molecule has 116 valence electrons. The number of aliphatic carboxylic acids is 1. The molecule has 1 aliphatic carbocycles. The van der Waals surface area contributed by atoms with Crippen molar-refractivity contribution in [3.8, 4) is 0 Å². The summed E-state index contributed by atoms with van der Waals surface area (Å²) in [5, 5.41) is 15.7. The van der Waals surface area contributed by atoms with Crippen molar-refractivity contribution >= 4 is 11.9 Å². The number of nitrogens with one attached hydrogen (secondary N) is 1. The summed E-state index contributed by atoms with van der Waals surface area (Å²) in [4.78, 5) is 23.2. The van der Waals surface area contributed by atoms with Gasteiger partial charge < -0.3 is 14.9 Å². The molecule has 0 atom stereocenters. The van der Waals surface area contributed by atoms with Gasteiger partial charge in [0.1, 0.15) is 0 Å². The van der Waals surface area contributed by atoms with E-state index in [0.29, 0.717) is 12.3 Å². The van der Waals surface area contributed by atoms with Crippen LogP contribution in [0.4, 0.5) is 0 Å². The van der Waals surface area contributed by atoms with Gasteiger partial charge in [0.2, 0.25) is 5.91 Å². The van der Waals surface area contributed by atoms with Crippen molar-refractivity contribution in [1.82, 2.24) is 10.5 Å². The summed E-state index contributed by atoms with van der Waals surface area (Å²) in [7, 11) is 0. The number of amides is 1. The van der Waals surface area contributed by atoms with Crippen LogP contribution >= 0.6 is 0 Å². The maximum absolute atomic E-state index is 12.1. The molecule has 2 rings (SSSR count). The maximum Gasteiger partial charge on any atom is 0.303 e. The first-order valence-electron chi connectivity index (χ1n) is 7.40. The minimum Gasteiger partial charge on any atom is -0.481 e. The number of carboxylic acids is 1. The molecule has 0 aliphatic heterocycles. The summed E-state index contributed by atoms with van der Waals surface area (Å²) >= 11 is 0. The molecular formula is C15H22N2O4. The second-order valence-electron chi connectivity index (χ2n) is 6.02. The van der Waals surface area contributed by atoms with E-state index in [2.05, 4.69) is 10.5 Å². The molecule has 1 aromatic rings. The number of carbonyl (C=O) groups excluding carboxylic acids is 1. The molecular weight excluding hydrogens is 272 g/mol. The predicted octanol–water partition coefficient (Wildman–Crippen LogP) is 2.41. The smallest absolute Gasteiger partial charge is 0.303 e. The molecule has 0 aromatic carbocycles. The van der Waals surface area contributed by atoms with Crippen molar-refractivity contribution in [3.63, 3.8) is 0 Å². The Morgan fingerprint density at radius 1 is 1.33 bits per heavy atom. The van der Waals surface area contributed by atoms with E-state index in [0.717, 1.165) is 37.8 Å². The van der Waals surface area contributed by atoms with Gasteiger partial charge in [-0.15, -0.1) is 0 Å². The molecule has 2 N–H and O–H groups in total. The Morgan fingerprint density at radius 3 is 2.62 bits per heavy atom. The number of hydrogen-bond acceptors (Lipinski definition) is 4. The summed E-state index contributed by atoms with van der Waals surface area (Å²) in [6.07, 6.45) is 5.10. The molecule has 1 saturated carbocycles. The molecule has 0 radical (unpaired) electrons. The van der Waals surface area contributed by atoms with Crippen LogP contribution < -0.4 is 5.32 Å². The van der Waals surface area contributed by atoms with Gasteiger partial charge in [-0.2, -0.15) is 0 Å². The lowest BCUT2D eigenvalue weighted by atomic mass is 9.69. The van der Waals surface area contributed by atoms with Crippen molar-refractivity contribution in [2.75, 3.05) is 0 Å². The van der Waals surface area contributed by atoms with Gasteiger partial charge in [-0.05, 0) is 25.2 Å². The Kier molecular flexibility index (Phi) is 4.98. The van der Waals surface area contributed by atoms with Crippen LogP contribution in [0, 0.1) is 12.3 Å². The van der Waals surface area contributed by atoms with Crippen molar-refractivity contribution in [2.45, 2.75) is 58.4 Å². The number of aryl methyl sites for hydroxylation is 1. The Hall–Kier alpha value is -1.85. The fraction of sp³-hybridized carbons (Fsp3) is 0.667. The van der Waals surface area contributed by atoms with Gasteiger partial charge in [0, 0.05) is 12.5 Å². The van der Waals surface area contributed by atoms with Crippen LogP contribution in [0.5, 0.6) is 0 Å². The lowest BCUT2D eigenvalue weighted by Crippen LogP contribution is -2.34. The van der Waals surface area contributed by atoms with Gasteiger partial charge in [0.05, 0.1) is 18.7 Å². The molecule has 0 saturated heterocycles. The van der Waals surface area contributed by atoms with E-state index in [1.165, 1.54) is 0 Å². The van der Waals surface area contributed by atoms with Crippen LogP contribution in [-0.2, 0) is 16.1 Å². The highest BCUT2D eigenvalue weighted by molar-refractivity contribution is 5.78. The second kappa shape index (κ2) is 6.74. The largest absolute Gasteiger partial charge is 0.481 e. The van der Waals surface area contributed by atoms with Gasteiger partial charge in [0.25, 0.3) is 0 Å². The SMILES string of the molecule is Cc1cc(CNC(=O)CC2(CC(=O)O)CCCCC2)on1. The normalized spacial score (nSPS) is 17.4. The van der Waals surface area contributed by atoms with Gasteiger partial charge >= 0.3 is 5.97 Å². The summed E-state index contributed by atoms with van der Waals surface area (Å²) in [5.74, 6) is -0.334. The summed E-state index contributed by atoms with van der Waals surface area (Å²) in [6.45, 7) is 2.11. The fourth-order valence-electron chi connectivity index (χ4n) is 3.13. The highest BCUT2D eigenvalue weighted by atomic mass is 16.5. The lowest BCUT2D eigenvalue weighted by molar-refractivity contribution is -0.141. The quantitative estimate of drug-likeness (QED) is 0.840. The number of rotatable bonds is 6. The number of hydrogen-bond donors (Lipinski definition) is 2. The van der Waals surface area contributed by atoms with Crippen molar-refractivity contribution in [1.29, 1.82) is 0 Å². The lowest BCUT2D eigenvalue weighted by Gasteiger charge is -2.35. The Morgan fingerprint density at radius 2 is 2.05 bits per heavy atom. The van der Waals surface area contributed by atoms with Crippen LogP contribution in [0.15, 0.2) is 10.6 Å². The predicted molar refractivity (Wildman–Crippen MR) is 75.5 cm³/mol. The van der Waals surface area contributed by atoms with Gasteiger partial charge in [-0.3, -0.25) is 9.59 Å². The third kappa shape index (κ3) is 4.58. The molecule has 1 fully saturated rings. The summed E-state index contributed by atoms with van der Waals surface area (Å²) < 4.78 is 5.04. The Labute approximate surface area is 123 Å². The first kappa shape index (κ1) is 15.5. The summed E-state index contributed by atoms with van der Waals surface area (Å²) in [6, 6.07) is 1.77. The molecule has 0 spiro atoms. The molecule has 1 aliphatic rings. The minimum atomic E-state index is -0.824. The highest BCUT2D eigenvalue weighted by Gasteiger charge is 2.36. The number of aromatic nitrogens is 1. The molecule has 21 heavy (non-hydrogen) atoms. The van der Waals surface area contributed by atoms with E-state index in [-0.39, 0.29) is 24.2 Å². The zero-order valence-electron chi connectivity index (χ0n) is 12.4. The molecule has 1 aromatic heterocycles. The summed E-state index contributed by atoms with van der Waals surface area (Å²) in [5.41, 5.74) is 0.389. The number of carboxylic acid groups (broad SMARTS) is 1. The molecule has 6 nitrogen and oxygen atoms in total. The van der Waals surface area contributed by atoms with Crippen LogP contribution in [0.2, 0.25) is 0 Å². The van der Waals surface area contributed by atoms with E-state index in [4.69, 9.17) is 9.63 Å². The van der Waals surface area contributed by atoms with E-state index in [1.807, 2.05) is 6.92 Å². The monoisotopic (exact) mass is 294 g/mol. The Bertz CT molecular complexity index is 504. The zero-order chi connectivity index (χ0) is 15.3. The first-order valence-corrected chi connectivity index (χ1v) is 7.40. The average molecular weight is 294 g/mol. The van der Waals surface area contributed by atoms with Crippen LogP contribution in [0.1, 0.15) is 56.4 Å². The number of nitrogens with zero attached hydrogens (tertiary/aromatic N) is 1. The zero-order valence-corrected chi connectivity index (χ0v) is 12.4. The van der Waals surface area contributed by atoms with E-state index in [9.17, 15) is 9.59 Å². The minimum absolute atomic E-state index is 0.0713. The van der Waals surface area contributed by atoms with Crippen LogP contribution in [0.25, 0.3) is 0 Å². The van der Waals surface area contributed by atoms with Crippen molar-refractivity contribution < 1.29 is 19.2 Å². The van der Waals surface area contributed by atoms with E-state index in [1.54, 1.807) is 6.07 Å². The third-order valence-corrected chi connectivity index (χ3v) is 4.11. The van der Waals surface area contributed by atoms with Gasteiger partial charge in [-0.25, -0.2) is 0 Å². The van der Waals surface area contributed by atoms with Gasteiger partial charge in [-0.1, -0.05) is 24.4 Å².